The number of imide groups is 1. The standard InChI is InChI=1S/C21H20N4O4S2/c1-13-3-8-18(14(2)11-13)25-19(26)12-17(20(25)27)23-15-4-6-16(7-5-15)31(28,29)24-21-22-9-10-30-21/h3-11,17,23H,12H2,1-2H3,(H,22,24)/t17-/m0/s1. The number of amides is 2. The summed E-state index contributed by atoms with van der Waals surface area (Å²) < 4.78 is 27.3. The third-order valence-electron chi connectivity index (χ3n) is 4.90. The molecule has 4 rings (SSSR count). The van der Waals surface area contributed by atoms with Crippen molar-refractivity contribution in [3.63, 3.8) is 0 Å². The molecule has 2 heterocycles. The van der Waals surface area contributed by atoms with Crippen LogP contribution in [0.15, 0.2) is 58.9 Å². The topological polar surface area (TPSA) is 108 Å². The number of aryl methyl sites for hydroxylation is 2. The number of anilines is 3. The molecule has 1 saturated heterocycles. The van der Waals surface area contributed by atoms with Crippen molar-refractivity contribution in [1.82, 2.24) is 4.98 Å². The number of thiazole rings is 1. The maximum absolute atomic E-state index is 12.9. The van der Waals surface area contributed by atoms with Crippen LogP contribution in [0, 0.1) is 13.8 Å². The van der Waals surface area contributed by atoms with Gasteiger partial charge in [-0.25, -0.2) is 18.3 Å². The van der Waals surface area contributed by atoms with Gasteiger partial charge in [-0.05, 0) is 49.7 Å². The van der Waals surface area contributed by atoms with Gasteiger partial charge in [0.15, 0.2) is 5.13 Å². The van der Waals surface area contributed by atoms with E-state index in [0.717, 1.165) is 11.1 Å². The lowest BCUT2D eigenvalue weighted by Crippen LogP contribution is -2.35. The lowest BCUT2D eigenvalue weighted by Gasteiger charge is -2.18. The molecule has 0 radical (unpaired) electrons. The maximum atomic E-state index is 12.9. The van der Waals surface area contributed by atoms with Crippen molar-refractivity contribution in [3.8, 4) is 0 Å². The van der Waals surface area contributed by atoms with Crippen molar-refractivity contribution in [1.29, 1.82) is 0 Å². The van der Waals surface area contributed by atoms with Gasteiger partial charge in [0.1, 0.15) is 6.04 Å². The molecule has 8 nitrogen and oxygen atoms in total. The first-order chi connectivity index (χ1) is 14.7. The van der Waals surface area contributed by atoms with E-state index in [1.165, 1.54) is 34.6 Å². The average molecular weight is 457 g/mol. The molecule has 160 valence electrons. The number of benzene rings is 2. The fourth-order valence-corrected chi connectivity index (χ4v) is 5.22. The molecule has 0 spiro atoms. The molecular weight excluding hydrogens is 436 g/mol. The molecule has 1 atom stereocenters. The van der Waals surface area contributed by atoms with E-state index in [9.17, 15) is 18.0 Å². The molecule has 0 saturated carbocycles. The minimum Gasteiger partial charge on any atom is -0.373 e. The second-order valence-electron chi connectivity index (χ2n) is 7.23. The van der Waals surface area contributed by atoms with Gasteiger partial charge in [0, 0.05) is 17.3 Å². The van der Waals surface area contributed by atoms with Crippen molar-refractivity contribution in [3.05, 3.63) is 65.2 Å². The van der Waals surface area contributed by atoms with Crippen LogP contribution < -0.4 is 14.9 Å². The van der Waals surface area contributed by atoms with Crippen LogP contribution in [0.3, 0.4) is 0 Å². The molecule has 1 aliphatic rings. The molecule has 0 aliphatic carbocycles. The smallest absolute Gasteiger partial charge is 0.263 e. The Morgan fingerprint density at radius 3 is 2.48 bits per heavy atom. The summed E-state index contributed by atoms with van der Waals surface area (Å²) in [5.74, 6) is -0.611. The van der Waals surface area contributed by atoms with Crippen molar-refractivity contribution >= 4 is 49.7 Å². The SMILES string of the molecule is Cc1ccc(N2C(=O)C[C@H](Nc3ccc(S(=O)(=O)Nc4nccs4)cc3)C2=O)c(C)c1. The van der Waals surface area contributed by atoms with Crippen LogP contribution in [0.1, 0.15) is 17.5 Å². The van der Waals surface area contributed by atoms with E-state index in [1.54, 1.807) is 23.6 Å². The van der Waals surface area contributed by atoms with Gasteiger partial charge in [-0.2, -0.15) is 0 Å². The average Bonchev–Trinajstić information content (AvgIpc) is 3.31. The van der Waals surface area contributed by atoms with Crippen LogP contribution >= 0.6 is 11.3 Å². The first-order valence-electron chi connectivity index (χ1n) is 9.47. The van der Waals surface area contributed by atoms with Crippen LogP contribution in [0.5, 0.6) is 0 Å². The van der Waals surface area contributed by atoms with Gasteiger partial charge in [0.25, 0.3) is 15.9 Å². The van der Waals surface area contributed by atoms with Crippen LogP contribution in [0.2, 0.25) is 0 Å². The molecule has 0 bridgehead atoms. The highest BCUT2D eigenvalue weighted by atomic mass is 32.2. The number of rotatable bonds is 6. The van der Waals surface area contributed by atoms with Gasteiger partial charge in [-0.1, -0.05) is 17.7 Å². The number of carbonyl (C=O) groups excluding carboxylic acids is 2. The Hall–Kier alpha value is -3.24. The second kappa shape index (κ2) is 8.12. The quantitative estimate of drug-likeness (QED) is 0.551. The zero-order valence-corrected chi connectivity index (χ0v) is 18.5. The van der Waals surface area contributed by atoms with E-state index in [2.05, 4.69) is 15.0 Å². The zero-order chi connectivity index (χ0) is 22.2. The van der Waals surface area contributed by atoms with E-state index in [0.29, 0.717) is 11.4 Å². The summed E-state index contributed by atoms with van der Waals surface area (Å²) >= 11 is 1.18. The predicted molar refractivity (Wildman–Crippen MR) is 120 cm³/mol. The van der Waals surface area contributed by atoms with Gasteiger partial charge >= 0.3 is 0 Å². The van der Waals surface area contributed by atoms with Gasteiger partial charge < -0.3 is 5.32 Å². The van der Waals surface area contributed by atoms with Gasteiger partial charge in [0.2, 0.25) is 5.91 Å². The Bertz CT molecular complexity index is 1240. The fraction of sp³-hybridized carbons (Fsp3) is 0.190. The first kappa shape index (κ1) is 21.0. The minimum atomic E-state index is -3.76. The van der Waals surface area contributed by atoms with Gasteiger partial charge in [-0.3, -0.25) is 14.3 Å². The van der Waals surface area contributed by atoms with Crippen LogP contribution in [-0.4, -0.2) is 31.3 Å². The van der Waals surface area contributed by atoms with Crippen LogP contribution in [0.4, 0.5) is 16.5 Å². The van der Waals surface area contributed by atoms with Gasteiger partial charge in [-0.15, -0.1) is 11.3 Å². The van der Waals surface area contributed by atoms with E-state index in [4.69, 9.17) is 0 Å². The molecule has 2 aromatic carbocycles. The Morgan fingerprint density at radius 1 is 1.10 bits per heavy atom. The predicted octanol–water partition coefficient (Wildman–Crippen LogP) is 3.30. The number of nitrogens with zero attached hydrogens (tertiary/aromatic N) is 2. The van der Waals surface area contributed by atoms with Crippen molar-refractivity contribution < 1.29 is 18.0 Å². The summed E-state index contributed by atoms with van der Waals surface area (Å²) in [4.78, 5) is 30.6. The Balaban J connectivity index is 1.48. The molecule has 0 unspecified atom stereocenters. The summed E-state index contributed by atoms with van der Waals surface area (Å²) in [5, 5.41) is 4.99. The fourth-order valence-electron chi connectivity index (χ4n) is 3.43. The minimum absolute atomic E-state index is 0.0256. The van der Waals surface area contributed by atoms with Crippen molar-refractivity contribution in [2.45, 2.75) is 31.2 Å². The Kier molecular flexibility index (Phi) is 5.50. The molecule has 2 amide bonds. The maximum Gasteiger partial charge on any atom is 0.263 e. The number of sulfonamides is 1. The lowest BCUT2D eigenvalue weighted by molar-refractivity contribution is -0.121. The monoisotopic (exact) mass is 456 g/mol. The number of hydrogen-bond acceptors (Lipinski definition) is 7. The molecule has 1 fully saturated rings. The number of carbonyl (C=O) groups is 2. The molecule has 1 aliphatic heterocycles. The highest BCUT2D eigenvalue weighted by Gasteiger charge is 2.40. The summed E-state index contributed by atoms with van der Waals surface area (Å²) in [6, 6.07) is 10.8. The van der Waals surface area contributed by atoms with Gasteiger partial charge in [0.05, 0.1) is 17.0 Å². The van der Waals surface area contributed by atoms with Crippen LogP contribution in [-0.2, 0) is 19.6 Å². The Labute approximate surface area is 184 Å². The summed E-state index contributed by atoms with van der Waals surface area (Å²) in [6.07, 6.45) is 1.54. The lowest BCUT2D eigenvalue weighted by atomic mass is 10.1. The van der Waals surface area contributed by atoms with Crippen molar-refractivity contribution in [2.75, 3.05) is 14.9 Å². The largest absolute Gasteiger partial charge is 0.373 e. The third-order valence-corrected chi connectivity index (χ3v) is 7.07. The Morgan fingerprint density at radius 2 is 1.84 bits per heavy atom. The second-order valence-corrected chi connectivity index (χ2v) is 9.80. The molecule has 10 heteroatoms. The zero-order valence-electron chi connectivity index (χ0n) is 16.8. The van der Waals surface area contributed by atoms with Crippen molar-refractivity contribution in [2.24, 2.45) is 0 Å². The number of nitrogens with one attached hydrogen (secondary N) is 2. The summed E-state index contributed by atoms with van der Waals surface area (Å²) in [6.45, 7) is 3.81. The highest BCUT2D eigenvalue weighted by Crippen LogP contribution is 2.28. The molecule has 3 aromatic rings. The summed E-state index contributed by atoms with van der Waals surface area (Å²) in [5.41, 5.74) is 3.03. The van der Waals surface area contributed by atoms with E-state index in [1.807, 2.05) is 26.0 Å². The number of aromatic nitrogens is 1. The van der Waals surface area contributed by atoms with E-state index >= 15 is 0 Å². The first-order valence-corrected chi connectivity index (χ1v) is 11.8. The summed E-state index contributed by atoms with van der Waals surface area (Å²) in [7, 11) is -3.76. The molecule has 2 N–H and O–H groups in total. The third kappa shape index (κ3) is 4.30. The normalized spacial score (nSPS) is 16.6. The van der Waals surface area contributed by atoms with E-state index < -0.39 is 16.1 Å². The molecule has 1 aromatic heterocycles. The molecular formula is C21H20N4O4S2. The van der Waals surface area contributed by atoms with E-state index in [-0.39, 0.29) is 28.3 Å². The highest BCUT2D eigenvalue weighted by molar-refractivity contribution is 7.93. The van der Waals surface area contributed by atoms with Crippen LogP contribution in [0.25, 0.3) is 0 Å². The number of hydrogen-bond donors (Lipinski definition) is 2. The molecule has 31 heavy (non-hydrogen) atoms.